The van der Waals surface area contributed by atoms with Crippen LogP contribution in [0.4, 0.5) is 4.39 Å². The fourth-order valence-corrected chi connectivity index (χ4v) is 6.67. The summed E-state index contributed by atoms with van der Waals surface area (Å²) in [4.78, 5) is 29.0. The molecule has 1 aromatic carbocycles. The Bertz CT molecular complexity index is 1740. The zero-order valence-corrected chi connectivity index (χ0v) is 25.3. The highest BCUT2D eigenvalue weighted by Gasteiger charge is 2.25. The average Bonchev–Trinajstić information content (AvgIpc) is 3.71. The Morgan fingerprint density at radius 1 is 1.19 bits per heavy atom. The van der Waals surface area contributed by atoms with Crippen molar-refractivity contribution in [2.24, 2.45) is 0 Å². The SMILES string of the molecule is CCn1cncc1CCn1c(CN2CCC(c3cccc(OCc4ccc(Cl)cc4F)n3)CC2)nc2sc(C(=O)O)cc21. The van der Waals surface area contributed by atoms with Gasteiger partial charge in [0.25, 0.3) is 0 Å². The number of carboxylic acid groups (broad SMARTS) is 1. The van der Waals surface area contributed by atoms with Crippen molar-refractivity contribution in [2.45, 2.75) is 58.3 Å². The number of aryl methyl sites for hydroxylation is 3. The van der Waals surface area contributed by atoms with E-state index in [9.17, 15) is 14.3 Å². The molecule has 1 N–H and O–H groups in total. The first-order valence-corrected chi connectivity index (χ1v) is 15.5. The molecule has 5 aromatic rings. The van der Waals surface area contributed by atoms with Crippen molar-refractivity contribution in [1.82, 2.24) is 29.0 Å². The molecule has 0 amide bonds. The van der Waals surface area contributed by atoms with Crippen LogP contribution in [0.3, 0.4) is 0 Å². The van der Waals surface area contributed by atoms with Crippen LogP contribution in [-0.4, -0.2) is 53.2 Å². The van der Waals surface area contributed by atoms with E-state index in [1.54, 1.807) is 24.3 Å². The lowest BCUT2D eigenvalue weighted by Gasteiger charge is -2.31. The summed E-state index contributed by atoms with van der Waals surface area (Å²) in [7, 11) is 0. The number of thiophene rings is 1. The second-order valence-corrected chi connectivity index (χ2v) is 12.1. The van der Waals surface area contributed by atoms with Gasteiger partial charge in [0.2, 0.25) is 5.88 Å². The average molecular weight is 623 g/mol. The molecule has 0 bridgehead atoms. The monoisotopic (exact) mass is 622 g/mol. The molecular formula is C31H32ClFN6O3S. The number of hydrogen-bond donors (Lipinski definition) is 1. The molecular weight excluding hydrogens is 591 g/mol. The Hall–Kier alpha value is -3.80. The maximum Gasteiger partial charge on any atom is 0.346 e. The number of likely N-dealkylation sites (tertiary alicyclic amines) is 1. The summed E-state index contributed by atoms with van der Waals surface area (Å²) in [5, 5.41) is 9.88. The summed E-state index contributed by atoms with van der Waals surface area (Å²) in [6, 6.07) is 12.0. The fourth-order valence-electron chi connectivity index (χ4n) is 5.62. The van der Waals surface area contributed by atoms with Crippen LogP contribution in [0.2, 0.25) is 5.02 Å². The third-order valence-corrected chi connectivity index (χ3v) is 9.22. The molecule has 5 heterocycles. The molecule has 43 heavy (non-hydrogen) atoms. The maximum absolute atomic E-state index is 14.1. The quantitative estimate of drug-likeness (QED) is 0.182. The fraction of sp³-hybridized carbons (Fsp3) is 0.355. The van der Waals surface area contributed by atoms with E-state index in [0.717, 1.165) is 66.5 Å². The smallest absolute Gasteiger partial charge is 0.346 e. The van der Waals surface area contributed by atoms with E-state index in [1.165, 1.54) is 17.4 Å². The van der Waals surface area contributed by atoms with Gasteiger partial charge in [-0.1, -0.05) is 23.7 Å². The Morgan fingerprint density at radius 3 is 2.79 bits per heavy atom. The van der Waals surface area contributed by atoms with Gasteiger partial charge in [-0.3, -0.25) is 4.90 Å². The molecule has 0 saturated carbocycles. The number of imidazole rings is 2. The molecule has 224 valence electrons. The van der Waals surface area contributed by atoms with E-state index in [0.29, 0.717) is 40.4 Å². The topological polar surface area (TPSA) is 98.3 Å². The largest absolute Gasteiger partial charge is 0.477 e. The Balaban J connectivity index is 1.11. The second-order valence-electron chi connectivity index (χ2n) is 10.7. The van der Waals surface area contributed by atoms with E-state index in [2.05, 4.69) is 25.9 Å². The van der Waals surface area contributed by atoms with Crippen LogP contribution >= 0.6 is 22.9 Å². The Morgan fingerprint density at radius 2 is 2.02 bits per heavy atom. The summed E-state index contributed by atoms with van der Waals surface area (Å²) < 4.78 is 24.3. The second kappa shape index (κ2) is 12.8. The van der Waals surface area contributed by atoms with Crippen LogP contribution < -0.4 is 4.74 Å². The molecule has 1 aliphatic heterocycles. The van der Waals surface area contributed by atoms with Gasteiger partial charge in [0.1, 0.15) is 28.0 Å². The van der Waals surface area contributed by atoms with Crippen molar-refractivity contribution in [3.05, 3.63) is 93.5 Å². The molecule has 0 spiro atoms. The number of aromatic nitrogens is 5. The first kappa shape index (κ1) is 29.3. The van der Waals surface area contributed by atoms with Crippen LogP contribution in [0.1, 0.15) is 58.1 Å². The third kappa shape index (κ3) is 6.58. The number of carbonyl (C=O) groups is 1. The number of halogens is 2. The van der Waals surface area contributed by atoms with Crippen molar-refractivity contribution >= 4 is 39.3 Å². The minimum Gasteiger partial charge on any atom is -0.477 e. The summed E-state index contributed by atoms with van der Waals surface area (Å²) in [5.74, 6) is 0.389. The predicted octanol–water partition coefficient (Wildman–Crippen LogP) is 6.40. The Labute approximate surface area is 257 Å². The summed E-state index contributed by atoms with van der Waals surface area (Å²) in [6.45, 7) is 6.18. The zero-order chi connectivity index (χ0) is 29.9. The lowest BCUT2D eigenvalue weighted by Crippen LogP contribution is -2.33. The molecule has 0 radical (unpaired) electrons. The summed E-state index contributed by atoms with van der Waals surface area (Å²) >= 11 is 7.08. The first-order valence-electron chi connectivity index (χ1n) is 14.3. The molecule has 9 nitrogen and oxygen atoms in total. The van der Waals surface area contributed by atoms with E-state index in [-0.39, 0.29) is 6.61 Å². The van der Waals surface area contributed by atoms with Crippen molar-refractivity contribution in [3.63, 3.8) is 0 Å². The molecule has 0 unspecified atom stereocenters. The molecule has 0 atom stereocenters. The lowest BCUT2D eigenvalue weighted by molar-refractivity contribution is 0.0702. The number of fused-ring (bicyclic) bond motifs is 1. The first-order chi connectivity index (χ1) is 20.9. The van der Waals surface area contributed by atoms with Gasteiger partial charge in [-0.05, 0) is 57.1 Å². The van der Waals surface area contributed by atoms with Crippen LogP contribution in [0.15, 0.2) is 55.0 Å². The highest BCUT2D eigenvalue weighted by molar-refractivity contribution is 7.20. The summed E-state index contributed by atoms with van der Waals surface area (Å²) in [6.07, 6.45) is 6.39. The number of hydrogen-bond acceptors (Lipinski definition) is 7. The number of nitrogens with zero attached hydrogens (tertiary/aromatic N) is 6. The van der Waals surface area contributed by atoms with Gasteiger partial charge in [0, 0.05) is 59.7 Å². The van der Waals surface area contributed by atoms with Crippen molar-refractivity contribution in [3.8, 4) is 5.88 Å². The standard InChI is InChI=1S/C31H32ClFN6O3S/c1-2-38-19-34-16-23(38)10-13-39-26-15-27(31(40)41)43-30(26)36-28(39)17-37-11-8-20(9-12-37)25-4-3-5-29(35-25)42-18-21-6-7-22(32)14-24(21)33/h3-7,14-16,19-20H,2,8-13,17-18H2,1H3,(H,40,41). The van der Waals surface area contributed by atoms with Crippen LogP contribution in [0.25, 0.3) is 10.3 Å². The molecule has 4 aromatic heterocycles. The molecule has 0 aliphatic carbocycles. The number of benzene rings is 1. The van der Waals surface area contributed by atoms with Gasteiger partial charge in [-0.25, -0.2) is 24.1 Å². The van der Waals surface area contributed by atoms with Gasteiger partial charge in [0.05, 0.1) is 18.4 Å². The molecule has 1 fully saturated rings. The van der Waals surface area contributed by atoms with Crippen molar-refractivity contribution in [2.75, 3.05) is 13.1 Å². The van der Waals surface area contributed by atoms with E-state index in [1.807, 2.05) is 24.7 Å². The van der Waals surface area contributed by atoms with E-state index in [4.69, 9.17) is 26.3 Å². The van der Waals surface area contributed by atoms with Gasteiger partial charge < -0.3 is 19.0 Å². The molecule has 1 aliphatic rings. The van der Waals surface area contributed by atoms with Crippen LogP contribution in [0.5, 0.6) is 5.88 Å². The number of rotatable bonds is 11. The maximum atomic E-state index is 14.1. The number of piperidine rings is 1. The molecule has 1 saturated heterocycles. The highest BCUT2D eigenvalue weighted by atomic mass is 35.5. The van der Waals surface area contributed by atoms with Crippen LogP contribution in [0, 0.1) is 5.82 Å². The number of pyridine rings is 1. The predicted molar refractivity (Wildman–Crippen MR) is 163 cm³/mol. The van der Waals surface area contributed by atoms with Gasteiger partial charge in [0.15, 0.2) is 0 Å². The minimum atomic E-state index is -0.928. The minimum absolute atomic E-state index is 0.0801. The number of ether oxygens (including phenoxy) is 1. The summed E-state index contributed by atoms with van der Waals surface area (Å²) in [5.41, 5.74) is 3.42. The van der Waals surface area contributed by atoms with Gasteiger partial charge >= 0.3 is 5.97 Å². The molecule has 12 heteroatoms. The normalized spacial score (nSPS) is 14.5. The Kier molecular flexibility index (Phi) is 8.73. The molecule has 6 rings (SSSR count). The van der Waals surface area contributed by atoms with E-state index >= 15 is 0 Å². The number of carboxylic acids is 1. The van der Waals surface area contributed by atoms with E-state index < -0.39 is 11.8 Å². The van der Waals surface area contributed by atoms with Crippen molar-refractivity contribution in [1.29, 1.82) is 0 Å². The third-order valence-electron chi connectivity index (χ3n) is 7.97. The van der Waals surface area contributed by atoms with Gasteiger partial charge in [-0.15, -0.1) is 11.3 Å². The van der Waals surface area contributed by atoms with Crippen molar-refractivity contribution < 1.29 is 19.0 Å². The lowest BCUT2D eigenvalue weighted by atomic mass is 9.93. The van der Waals surface area contributed by atoms with Gasteiger partial charge in [-0.2, -0.15) is 0 Å². The number of aromatic carboxylic acids is 1. The van der Waals surface area contributed by atoms with Crippen LogP contribution in [-0.2, 0) is 32.7 Å². The zero-order valence-electron chi connectivity index (χ0n) is 23.7. The highest BCUT2D eigenvalue weighted by Crippen LogP contribution is 2.31.